The Morgan fingerprint density at radius 2 is 2.18 bits per heavy atom. The van der Waals surface area contributed by atoms with Crippen molar-refractivity contribution in [2.45, 2.75) is 57.6 Å². The molecular formula is C22H29N7O5. The minimum absolute atomic E-state index is 0.121. The van der Waals surface area contributed by atoms with Crippen LogP contribution in [-0.4, -0.2) is 80.0 Å². The summed E-state index contributed by atoms with van der Waals surface area (Å²) in [4.78, 5) is 38.7. The van der Waals surface area contributed by atoms with Gasteiger partial charge in [0.1, 0.15) is 17.7 Å². The quantitative estimate of drug-likeness (QED) is 0.507. The Morgan fingerprint density at radius 3 is 2.85 bits per heavy atom. The number of imidazole rings is 1. The summed E-state index contributed by atoms with van der Waals surface area (Å²) >= 11 is 0. The fraction of sp³-hybridized carbons (Fsp3) is 0.591. The van der Waals surface area contributed by atoms with Gasteiger partial charge in [0.25, 0.3) is 0 Å². The second kappa shape index (κ2) is 9.82. The van der Waals surface area contributed by atoms with Crippen LogP contribution in [0.2, 0.25) is 0 Å². The van der Waals surface area contributed by atoms with E-state index >= 15 is 0 Å². The Hall–Kier alpha value is -3.43. The standard InChI is InChI=1S/C22H29N7O5/c1-12(2)10-28(22(32)33-3)8-4-5-16-26-18(23)17-19(27-16)29(11-24-17)21-14(30)9-15(34-21)20(31)25-13-6-7-13/h11-15,21,30H,6-10H2,1-3H3,(H,25,31)(H2,23,26,27). The smallest absolute Gasteiger partial charge is 0.410 e. The van der Waals surface area contributed by atoms with Crippen molar-refractivity contribution in [1.29, 1.82) is 0 Å². The Labute approximate surface area is 196 Å². The average molecular weight is 472 g/mol. The van der Waals surface area contributed by atoms with Crippen LogP contribution in [0.4, 0.5) is 10.6 Å². The maximum Gasteiger partial charge on any atom is 0.410 e. The second-order valence-corrected chi connectivity index (χ2v) is 8.90. The average Bonchev–Trinajstić information content (AvgIpc) is 3.36. The Kier molecular flexibility index (Phi) is 6.85. The van der Waals surface area contributed by atoms with E-state index in [4.69, 9.17) is 15.2 Å². The van der Waals surface area contributed by atoms with Crippen molar-refractivity contribution in [3.8, 4) is 11.8 Å². The lowest BCUT2D eigenvalue weighted by Crippen LogP contribution is -2.35. The molecule has 2 aliphatic rings. The van der Waals surface area contributed by atoms with E-state index < -0.39 is 24.5 Å². The zero-order chi connectivity index (χ0) is 24.4. The molecular weight excluding hydrogens is 442 g/mol. The van der Waals surface area contributed by atoms with Crippen LogP contribution in [0.3, 0.4) is 0 Å². The van der Waals surface area contributed by atoms with E-state index in [2.05, 4.69) is 32.1 Å². The van der Waals surface area contributed by atoms with Crippen LogP contribution in [0.25, 0.3) is 11.2 Å². The number of methoxy groups -OCH3 is 1. The van der Waals surface area contributed by atoms with Crippen LogP contribution in [-0.2, 0) is 14.3 Å². The number of carbonyl (C=O) groups is 2. The molecule has 4 N–H and O–H groups in total. The Bertz CT molecular complexity index is 1130. The summed E-state index contributed by atoms with van der Waals surface area (Å²) in [6.07, 6.45) is 0.528. The molecule has 2 amide bonds. The third-order valence-corrected chi connectivity index (χ3v) is 5.52. The highest BCUT2D eigenvalue weighted by molar-refractivity contribution is 5.83. The number of ether oxygens (including phenoxy) is 2. The number of hydrogen-bond donors (Lipinski definition) is 3. The number of hydrogen-bond acceptors (Lipinski definition) is 9. The van der Waals surface area contributed by atoms with Gasteiger partial charge >= 0.3 is 6.09 Å². The van der Waals surface area contributed by atoms with Crippen molar-refractivity contribution in [2.75, 3.05) is 25.9 Å². The van der Waals surface area contributed by atoms with Crippen molar-refractivity contribution in [3.63, 3.8) is 0 Å². The number of nitrogens with one attached hydrogen (secondary N) is 1. The number of aliphatic hydroxyl groups excluding tert-OH is 1. The lowest BCUT2D eigenvalue weighted by molar-refractivity contribution is -0.134. The van der Waals surface area contributed by atoms with Gasteiger partial charge in [-0.2, -0.15) is 0 Å². The number of rotatable bonds is 6. The molecule has 4 rings (SSSR count). The highest BCUT2D eigenvalue weighted by Gasteiger charge is 2.41. The number of carbonyl (C=O) groups excluding carboxylic acids is 2. The van der Waals surface area contributed by atoms with Crippen LogP contribution in [0.1, 0.15) is 45.2 Å². The molecule has 2 fully saturated rings. The van der Waals surface area contributed by atoms with Gasteiger partial charge in [0.15, 0.2) is 17.7 Å². The zero-order valence-corrected chi connectivity index (χ0v) is 19.4. The topological polar surface area (TPSA) is 158 Å². The van der Waals surface area contributed by atoms with E-state index in [1.807, 2.05) is 13.8 Å². The van der Waals surface area contributed by atoms with Gasteiger partial charge in [-0.3, -0.25) is 14.3 Å². The van der Waals surface area contributed by atoms with Crippen LogP contribution in [0, 0.1) is 17.8 Å². The third-order valence-electron chi connectivity index (χ3n) is 5.52. The van der Waals surface area contributed by atoms with Gasteiger partial charge < -0.3 is 25.6 Å². The van der Waals surface area contributed by atoms with Gasteiger partial charge in [0.05, 0.1) is 20.0 Å². The van der Waals surface area contributed by atoms with Gasteiger partial charge in [0, 0.05) is 19.0 Å². The van der Waals surface area contributed by atoms with Crippen molar-refractivity contribution < 1.29 is 24.2 Å². The van der Waals surface area contributed by atoms with E-state index in [0.29, 0.717) is 17.7 Å². The molecule has 2 aromatic rings. The third kappa shape index (κ3) is 5.21. The number of aromatic nitrogens is 4. The number of nitrogens with zero attached hydrogens (tertiary/aromatic N) is 5. The number of nitrogen functional groups attached to an aromatic ring is 1. The summed E-state index contributed by atoms with van der Waals surface area (Å²) in [6, 6.07) is 0.200. The molecule has 0 aromatic carbocycles. The SMILES string of the molecule is COC(=O)N(CC#Cc1nc(N)c2ncn(C3OC(C(=O)NC4CC4)CC3O)c2n1)CC(C)C. The highest BCUT2D eigenvalue weighted by Crippen LogP contribution is 2.32. The molecule has 0 bridgehead atoms. The van der Waals surface area contributed by atoms with E-state index in [-0.39, 0.29) is 42.5 Å². The van der Waals surface area contributed by atoms with E-state index in [0.717, 1.165) is 12.8 Å². The van der Waals surface area contributed by atoms with Crippen molar-refractivity contribution in [1.82, 2.24) is 29.7 Å². The molecule has 1 aliphatic heterocycles. The summed E-state index contributed by atoms with van der Waals surface area (Å²) in [5.74, 6) is 5.97. The molecule has 3 atom stereocenters. The number of amides is 2. The fourth-order valence-corrected chi connectivity index (χ4v) is 3.76. The van der Waals surface area contributed by atoms with Crippen LogP contribution in [0.15, 0.2) is 6.33 Å². The minimum atomic E-state index is -0.928. The normalized spacial score (nSPS) is 21.9. The van der Waals surface area contributed by atoms with Crippen molar-refractivity contribution in [3.05, 3.63) is 12.2 Å². The maximum atomic E-state index is 12.4. The molecule has 2 aromatic heterocycles. The lowest BCUT2D eigenvalue weighted by Gasteiger charge is -2.20. The summed E-state index contributed by atoms with van der Waals surface area (Å²) in [6.45, 7) is 4.60. The number of aliphatic hydroxyl groups is 1. The summed E-state index contributed by atoms with van der Waals surface area (Å²) < 4.78 is 12.2. The second-order valence-electron chi connectivity index (χ2n) is 8.90. The van der Waals surface area contributed by atoms with Crippen molar-refractivity contribution >= 4 is 29.0 Å². The molecule has 182 valence electrons. The molecule has 34 heavy (non-hydrogen) atoms. The number of nitrogens with two attached hydrogens (primary N) is 1. The van der Waals surface area contributed by atoms with Gasteiger partial charge in [-0.15, -0.1) is 0 Å². The van der Waals surface area contributed by atoms with E-state index in [1.54, 1.807) is 0 Å². The first-order valence-corrected chi connectivity index (χ1v) is 11.2. The van der Waals surface area contributed by atoms with Crippen molar-refractivity contribution in [2.24, 2.45) is 5.92 Å². The van der Waals surface area contributed by atoms with Crippen LogP contribution in [0.5, 0.6) is 0 Å². The number of fused-ring (bicyclic) bond motifs is 1. The fourth-order valence-electron chi connectivity index (χ4n) is 3.76. The largest absolute Gasteiger partial charge is 0.453 e. The summed E-state index contributed by atoms with van der Waals surface area (Å²) in [7, 11) is 1.32. The first-order valence-electron chi connectivity index (χ1n) is 11.2. The molecule has 1 saturated heterocycles. The van der Waals surface area contributed by atoms with Gasteiger partial charge in [-0.05, 0) is 24.7 Å². The predicted molar refractivity (Wildman–Crippen MR) is 121 cm³/mol. The first kappa shape index (κ1) is 23.7. The zero-order valence-electron chi connectivity index (χ0n) is 19.4. The molecule has 12 heteroatoms. The molecule has 1 saturated carbocycles. The van der Waals surface area contributed by atoms with Crippen LogP contribution < -0.4 is 11.1 Å². The first-order chi connectivity index (χ1) is 16.3. The minimum Gasteiger partial charge on any atom is -0.453 e. The lowest BCUT2D eigenvalue weighted by atomic mass is 10.2. The highest BCUT2D eigenvalue weighted by atomic mass is 16.5. The molecule has 3 unspecified atom stereocenters. The van der Waals surface area contributed by atoms with Gasteiger partial charge in [-0.25, -0.2) is 19.7 Å². The summed E-state index contributed by atoms with van der Waals surface area (Å²) in [5, 5.41) is 13.5. The van der Waals surface area contributed by atoms with Crippen LogP contribution >= 0.6 is 0 Å². The summed E-state index contributed by atoms with van der Waals surface area (Å²) in [5.41, 5.74) is 6.73. The molecule has 0 spiro atoms. The molecule has 1 aliphatic carbocycles. The monoisotopic (exact) mass is 471 g/mol. The maximum absolute atomic E-state index is 12.4. The Balaban J connectivity index is 1.54. The molecule has 3 heterocycles. The Morgan fingerprint density at radius 1 is 1.41 bits per heavy atom. The van der Waals surface area contributed by atoms with Gasteiger partial charge in [0.2, 0.25) is 11.7 Å². The molecule has 0 radical (unpaired) electrons. The molecule has 12 nitrogen and oxygen atoms in total. The predicted octanol–water partition coefficient (Wildman–Crippen LogP) is 0.411. The van der Waals surface area contributed by atoms with E-state index in [1.165, 1.54) is 22.9 Å². The number of anilines is 1. The van der Waals surface area contributed by atoms with Gasteiger partial charge in [-0.1, -0.05) is 19.8 Å². The van der Waals surface area contributed by atoms with E-state index in [9.17, 15) is 14.7 Å².